The molecule has 23 heavy (non-hydrogen) atoms. The number of nitrogens with zero attached hydrogens (tertiary/aromatic N) is 1. The van der Waals surface area contributed by atoms with E-state index in [1.54, 1.807) is 14.2 Å². The van der Waals surface area contributed by atoms with Gasteiger partial charge in [0.15, 0.2) is 11.5 Å². The van der Waals surface area contributed by atoms with E-state index in [4.69, 9.17) is 9.47 Å². The van der Waals surface area contributed by atoms with Gasteiger partial charge in [-0.3, -0.25) is 4.79 Å². The van der Waals surface area contributed by atoms with E-state index in [0.29, 0.717) is 11.9 Å². The first-order valence-electron chi connectivity index (χ1n) is 8.58. The van der Waals surface area contributed by atoms with Crippen LogP contribution in [-0.4, -0.2) is 37.6 Å². The second kappa shape index (κ2) is 8.23. The van der Waals surface area contributed by atoms with Crippen molar-refractivity contribution in [3.63, 3.8) is 0 Å². The summed E-state index contributed by atoms with van der Waals surface area (Å²) in [6.45, 7) is 4.89. The number of ether oxygens (including phenoxy) is 2. The first-order chi connectivity index (χ1) is 11.1. The molecule has 1 atom stereocenters. The number of carbonyl (C=O) groups is 1. The number of likely N-dealkylation sites (tertiary alicyclic amines) is 1. The zero-order valence-corrected chi connectivity index (χ0v) is 14.8. The van der Waals surface area contributed by atoms with E-state index in [2.05, 4.69) is 11.0 Å². The van der Waals surface area contributed by atoms with Gasteiger partial charge in [0, 0.05) is 18.5 Å². The maximum Gasteiger partial charge on any atom is 0.225 e. The van der Waals surface area contributed by atoms with Crippen LogP contribution in [-0.2, 0) is 11.2 Å². The number of amides is 1. The van der Waals surface area contributed by atoms with Gasteiger partial charge in [0.25, 0.3) is 0 Å². The molecule has 0 N–H and O–H groups in total. The molecule has 0 radical (unpaired) electrons. The van der Waals surface area contributed by atoms with Crippen LogP contribution in [0.15, 0.2) is 18.2 Å². The maximum atomic E-state index is 12.4. The number of benzene rings is 1. The van der Waals surface area contributed by atoms with Crippen LogP contribution in [0.3, 0.4) is 0 Å². The monoisotopic (exact) mass is 319 g/mol. The molecule has 0 saturated carbocycles. The normalized spacial score (nSPS) is 18.1. The topological polar surface area (TPSA) is 38.8 Å². The van der Waals surface area contributed by atoms with E-state index in [-0.39, 0.29) is 5.92 Å². The van der Waals surface area contributed by atoms with Crippen molar-refractivity contribution in [1.82, 2.24) is 4.90 Å². The lowest BCUT2D eigenvalue weighted by Gasteiger charge is -2.37. The largest absolute Gasteiger partial charge is 0.493 e. The lowest BCUT2D eigenvalue weighted by molar-refractivity contribution is -0.138. The molecule has 1 heterocycles. The zero-order valence-electron chi connectivity index (χ0n) is 14.8. The summed E-state index contributed by atoms with van der Waals surface area (Å²) >= 11 is 0. The van der Waals surface area contributed by atoms with Crippen molar-refractivity contribution in [2.24, 2.45) is 5.92 Å². The van der Waals surface area contributed by atoms with Gasteiger partial charge in [0.2, 0.25) is 5.91 Å². The van der Waals surface area contributed by atoms with Crippen molar-refractivity contribution in [1.29, 1.82) is 0 Å². The fourth-order valence-electron chi connectivity index (χ4n) is 3.29. The summed E-state index contributed by atoms with van der Waals surface area (Å²) in [4.78, 5) is 14.5. The Hall–Kier alpha value is -1.71. The number of hydrogen-bond acceptors (Lipinski definition) is 3. The predicted molar refractivity (Wildman–Crippen MR) is 92.1 cm³/mol. The van der Waals surface area contributed by atoms with Crippen LogP contribution in [0.1, 0.15) is 45.1 Å². The van der Waals surface area contributed by atoms with Gasteiger partial charge < -0.3 is 14.4 Å². The zero-order chi connectivity index (χ0) is 16.8. The van der Waals surface area contributed by atoms with Gasteiger partial charge >= 0.3 is 0 Å². The average Bonchev–Trinajstić information content (AvgIpc) is 2.59. The minimum atomic E-state index is 0.0803. The van der Waals surface area contributed by atoms with Crippen LogP contribution in [0.4, 0.5) is 0 Å². The van der Waals surface area contributed by atoms with Crippen LogP contribution in [0, 0.1) is 5.92 Å². The maximum absolute atomic E-state index is 12.4. The Morgan fingerprint density at radius 2 is 1.96 bits per heavy atom. The number of aryl methyl sites for hydroxylation is 1. The standard InChI is InChI=1S/C19H29NO3/c1-14(2)19(21)20-12-6-5-7-16(20)10-8-15-9-11-17(22-3)18(13-15)23-4/h9,11,13-14,16H,5-8,10,12H2,1-4H3/t16-/m1/s1. The lowest BCUT2D eigenvalue weighted by atomic mass is 9.94. The number of carbonyl (C=O) groups excluding carboxylic acids is 1. The van der Waals surface area contributed by atoms with E-state index < -0.39 is 0 Å². The summed E-state index contributed by atoms with van der Waals surface area (Å²) in [6.07, 6.45) is 5.43. The minimum Gasteiger partial charge on any atom is -0.493 e. The number of methoxy groups -OCH3 is 2. The Bertz CT molecular complexity index is 527. The van der Waals surface area contributed by atoms with Crippen molar-refractivity contribution in [2.45, 2.75) is 52.0 Å². The smallest absolute Gasteiger partial charge is 0.225 e. The molecule has 0 bridgehead atoms. The lowest BCUT2D eigenvalue weighted by Crippen LogP contribution is -2.45. The van der Waals surface area contributed by atoms with Crippen LogP contribution < -0.4 is 9.47 Å². The van der Waals surface area contributed by atoms with Crippen LogP contribution >= 0.6 is 0 Å². The quantitative estimate of drug-likeness (QED) is 0.803. The Kier molecular flexibility index (Phi) is 6.31. The Balaban J connectivity index is 2.02. The molecule has 1 aromatic rings. The van der Waals surface area contributed by atoms with E-state index in [1.165, 1.54) is 12.0 Å². The summed E-state index contributed by atoms with van der Waals surface area (Å²) in [5.74, 6) is 1.90. The highest BCUT2D eigenvalue weighted by Gasteiger charge is 2.27. The van der Waals surface area contributed by atoms with E-state index in [0.717, 1.165) is 43.7 Å². The van der Waals surface area contributed by atoms with Gasteiger partial charge in [0.1, 0.15) is 0 Å². The molecular formula is C19H29NO3. The van der Waals surface area contributed by atoms with Gasteiger partial charge in [0.05, 0.1) is 14.2 Å². The van der Waals surface area contributed by atoms with E-state index in [9.17, 15) is 4.79 Å². The molecule has 0 spiro atoms. The second-order valence-electron chi connectivity index (χ2n) is 6.56. The molecule has 0 aromatic heterocycles. The Labute approximate surface area is 139 Å². The average molecular weight is 319 g/mol. The molecule has 1 aromatic carbocycles. The number of rotatable bonds is 6. The predicted octanol–water partition coefficient (Wildman–Crippen LogP) is 3.67. The van der Waals surface area contributed by atoms with Crippen molar-refractivity contribution in [3.8, 4) is 11.5 Å². The van der Waals surface area contributed by atoms with E-state index in [1.807, 2.05) is 26.0 Å². The second-order valence-corrected chi connectivity index (χ2v) is 6.56. The van der Waals surface area contributed by atoms with Crippen LogP contribution in [0.5, 0.6) is 11.5 Å². The summed E-state index contributed by atoms with van der Waals surface area (Å²) in [6, 6.07) is 6.44. The summed E-state index contributed by atoms with van der Waals surface area (Å²) in [5, 5.41) is 0. The minimum absolute atomic E-state index is 0.0803. The molecule has 4 heteroatoms. The van der Waals surface area contributed by atoms with Gasteiger partial charge in [-0.2, -0.15) is 0 Å². The molecule has 1 aliphatic rings. The van der Waals surface area contributed by atoms with Gasteiger partial charge in [-0.15, -0.1) is 0 Å². The van der Waals surface area contributed by atoms with Gasteiger partial charge in [-0.05, 0) is 49.8 Å². The molecule has 4 nitrogen and oxygen atoms in total. The van der Waals surface area contributed by atoms with Crippen molar-refractivity contribution >= 4 is 5.91 Å². The highest BCUT2D eigenvalue weighted by atomic mass is 16.5. The molecule has 1 aliphatic heterocycles. The molecule has 0 unspecified atom stereocenters. The molecule has 128 valence electrons. The van der Waals surface area contributed by atoms with Crippen LogP contribution in [0.2, 0.25) is 0 Å². The Morgan fingerprint density at radius 1 is 1.22 bits per heavy atom. The number of hydrogen-bond donors (Lipinski definition) is 0. The molecule has 2 rings (SSSR count). The van der Waals surface area contributed by atoms with Crippen LogP contribution in [0.25, 0.3) is 0 Å². The summed E-state index contributed by atoms with van der Waals surface area (Å²) in [7, 11) is 3.31. The third-order valence-electron chi connectivity index (χ3n) is 4.62. The summed E-state index contributed by atoms with van der Waals surface area (Å²) in [5.41, 5.74) is 1.23. The molecule has 1 fully saturated rings. The molecule has 1 saturated heterocycles. The van der Waals surface area contributed by atoms with Crippen molar-refractivity contribution in [3.05, 3.63) is 23.8 Å². The third-order valence-corrected chi connectivity index (χ3v) is 4.62. The first-order valence-corrected chi connectivity index (χ1v) is 8.58. The highest BCUT2D eigenvalue weighted by Crippen LogP contribution is 2.29. The fourth-order valence-corrected chi connectivity index (χ4v) is 3.29. The van der Waals surface area contributed by atoms with Gasteiger partial charge in [-0.1, -0.05) is 19.9 Å². The molecule has 1 amide bonds. The summed E-state index contributed by atoms with van der Waals surface area (Å²) < 4.78 is 10.7. The molecule has 0 aliphatic carbocycles. The Morgan fingerprint density at radius 3 is 2.61 bits per heavy atom. The van der Waals surface area contributed by atoms with Crippen molar-refractivity contribution in [2.75, 3.05) is 20.8 Å². The SMILES string of the molecule is COc1ccc(CC[C@H]2CCCCN2C(=O)C(C)C)cc1OC. The highest BCUT2D eigenvalue weighted by molar-refractivity contribution is 5.78. The fraction of sp³-hybridized carbons (Fsp3) is 0.632. The number of piperidine rings is 1. The third kappa shape index (κ3) is 4.40. The molecular weight excluding hydrogens is 290 g/mol. The van der Waals surface area contributed by atoms with Crippen molar-refractivity contribution < 1.29 is 14.3 Å². The first kappa shape index (κ1) is 17.6. The van der Waals surface area contributed by atoms with Gasteiger partial charge in [-0.25, -0.2) is 0 Å². The van der Waals surface area contributed by atoms with E-state index >= 15 is 0 Å².